The fourth-order valence-electron chi connectivity index (χ4n) is 0.828. The Morgan fingerprint density at radius 1 is 1.43 bits per heavy atom. The molecule has 0 saturated carbocycles. The van der Waals surface area contributed by atoms with Gasteiger partial charge in [-0.2, -0.15) is 0 Å². The molecule has 0 amide bonds. The average molecular weight is 221 g/mol. The Labute approximate surface area is 89.9 Å². The predicted octanol–water partition coefficient (Wildman–Crippen LogP) is 1.21. The molecule has 5 heteroatoms. The van der Waals surface area contributed by atoms with Crippen LogP contribution in [0.1, 0.15) is 19.8 Å². The van der Waals surface area contributed by atoms with E-state index in [1.54, 1.807) is 14.0 Å². The van der Waals surface area contributed by atoms with Crippen LogP contribution in [0.15, 0.2) is 0 Å². The van der Waals surface area contributed by atoms with E-state index in [2.05, 4.69) is 4.72 Å². The molecule has 0 aliphatic heterocycles. The third kappa shape index (κ3) is 9.83. The molecule has 0 atom stereocenters. The summed E-state index contributed by atoms with van der Waals surface area (Å²) in [4.78, 5) is 10.9. The SMILES string of the molecule is CCOC(=O)CSNCCCCOC. The summed E-state index contributed by atoms with van der Waals surface area (Å²) in [6.07, 6.45) is 2.10. The smallest absolute Gasteiger partial charge is 0.317 e. The average Bonchev–Trinajstić information content (AvgIpc) is 2.17. The van der Waals surface area contributed by atoms with E-state index in [1.165, 1.54) is 11.9 Å². The number of unbranched alkanes of at least 4 members (excludes halogenated alkanes) is 1. The molecule has 14 heavy (non-hydrogen) atoms. The van der Waals surface area contributed by atoms with Crippen LogP contribution in [0.2, 0.25) is 0 Å². The minimum atomic E-state index is -0.165. The molecule has 0 aliphatic rings. The minimum absolute atomic E-state index is 0.165. The summed E-state index contributed by atoms with van der Waals surface area (Å²) in [5.74, 6) is 0.208. The van der Waals surface area contributed by atoms with Crippen molar-refractivity contribution >= 4 is 17.9 Å². The second kappa shape index (κ2) is 10.8. The molecule has 0 radical (unpaired) electrons. The summed E-state index contributed by atoms with van der Waals surface area (Å²) in [5.41, 5.74) is 0. The maximum Gasteiger partial charge on any atom is 0.317 e. The van der Waals surface area contributed by atoms with Gasteiger partial charge in [-0.1, -0.05) is 11.9 Å². The topological polar surface area (TPSA) is 47.6 Å². The Balaban J connectivity index is 3.01. The number of hydrogen-bond donors (Lipinski definition) is 1. The van der Waals surface area contributed by atoms with Crippen LogP contribution < -0.4 is 4.72 Å². The molecule has 0 unspecified atom stereocenters. The van der Waals surface area contributed by atoms with Crippen molar-refractivity contribution in [2.24, 2.45) is 0 Å². The lowest BCUT2D eigenvalue weighted by Crippen LogP contribution is -2.13. The van der Waals surface area contributed by atoms with Gasteiger partial charge in [0.25, 0.3) is 0 Å². The number of carbonyl (C=O) groups is 1. The van der Waals surface area contributed by atoms with Gasteiger partial charge in [0.2, 0.25) is 0 Å². The summed E-state index contributed by atoms with van der Waals surface area (Å²) in [6, 6.07) is 0. The fourth-order valence-corrected chi connectivity index (χ4v) is 1.42. The number of methoxy groups -OCH3 is 1. The molecule has 0 fully saturated rings. The van der Waals surface area contributed by atoms with E-state index in [9.17, 15) is 4.79 Å². The van der Waals surface area contributed by atoms with Crippen molar-refractivity contribution in [1.82, 2.24) is 4.72 Å². The second-order valence-electron chi connectivity index (χ2n) is 2.69. The van der Waals surface area contributed by atoms with Gasteiger partial charge in [0.15, 0.2) is 0 Å². The lowest BCUT2D eigenvalue weighted by molar-refractivity contribution is -0.139. The first-order valence-electron chi connectivity index (χ1n) is 4.80. The van der Waals surface area contributed by atoms with Gasteiger partial charge in [-0.25, -0.2) is 0 Å². The van der Waals surface area contributed by atoms with Gasteiger partial charge in [0.1, 0.15) is 5.75 Å². The van der Waals surface area contributed by atoms with Crippen molar-refractivity contribution in [2.75, 3.05) is 32.6 Å². The lowest BCUT2D eigenvalue weighted by atomic mass is 10.3. The fraction of sp³-hybridized carbons (Fsp3) is 0.889. The summed E-state index contributed by atoms with van der Waals surface area (Å²) in [7, 11) is 1.70. The van der Waals surface area contributed by atoms with Gasteiger partial charge in [-0.3, -0.25) is 9.52 Å². The number of esters is 1. The molecule has 0 spiro atoms. The van der Waals surface area contributed by atoms with Gasteiger partial charge < -0.3 is 9.47 Å². The molecule has 0 aromatic rings. The van der Waals surface area contributed by atoms with Gasteiger partial charge in [0, 0.05) is 20.3 Å². The molecule has 84 valence electrons. The highest BCUT2D eigenvalue weighted by Crippen LogP contribution is 1.96. The molecule has 0 aromatic heterocycles. The highest BCUT2D eigenvalue weighted by atomic mass is 32.2. The molecule has 0 aromatic carbocycles. The molecule has 0 bridgehead atoms. The van der Waals surface area contributed by atoms with E-state index in [1.807, 2.05) is 0 Å². The van der Waals surface area contributed by atoms with Crippen LogP contribution in [0.3, 0.4) is 0 Å². The maximum absolute atomic E-state index is 10.9. The maximum atomic E-state index is 10.9. The number of ether oxygens (including phenoxy) is 2. The van der Waals surface area contributed by atoms with Crippen molar-refractivity contribution in [3.63, 3.8) is 0 Å². The van der Waals surface area contributed by atoms with Gasteiger partial charge >= 0.3 is 5.97 Å². The molecular weight excluding hydrogens is 202 g/mol. The van der Waals surface area contributed by atoms with Gasteiger partial charge in [-0.15, -0.1) is 0 Å². The van der Waals surface area contributed by atoms with Crippen LogP contribution in [-0.4, -0.2) is 38.6 Å². The van der Waals surface area contributed by atoms with E-state index < -0.39 is 0 Å². The zero-order chi connectivity index (χ0) is 10.6. The van der Waals surface area contributed by atoms with Gasteiger partial charge in [0.05, 0.1) is 6.61 Å². The lowest BCUT2D eigenvalue weighted by Gasteiger charge is -2.03. The molecular formula is C9H19NO3S. The quantitative estimate of drug-likeness (QED) is 0.360. The Bertz CT molecular complexity index is 144. The van der Waals surface area contributed by atoms with E-state index in [0.717, 1.165) is 26.0 Å². The Kier molecular flexibility index (Phi) is 10.6. The molecule has 0 rings (SSSR count). The van der Waals surface area contributed by atoms with Crippen LogP contribution in [0.25, 0.3) is 0 Å². The zero-order valence-electron chi connectivity index (χ0n) is 8.88. The first-order chi connectivity index (χ1) is 6.81. The first kappa shape index (κ1) is 13.7. The van der Waals surface area contributed by atoms with Crippen molar-refractivity contribution in [1.29, 1.82) is 0 Å². The zero-order valence-corrected chi connectivity index (χ0v) is 9.69. The Morgan fingerprint density at radius 3 is 2.86 bits per heavy atom. The number of rotatable bonds is 9. The number of nitrogens with one attached hydrogen (secondary N) is 1. The molecule has 1 N–H and O–H groups in total. The summed E-state index contributed by atoms with van der Waals surface area (Å²) in [5, 5.41) is 0. The van der Waals surface area contributed by atoms with Crippen LogP contribution in [0.5, 0.6) is 0 Å². The predicted molar refractivity (Wildman–Crippen MR) is 58.2 cm³/mol. The van der Waals surface area contributed by atoms with Crippen molar-refractivity contribution in [2.45, 2.75) is 19.8 Å². The van der Waals surface area contributed by atoms with Crippen molar-refractivity contribution in [3.8, 4) is 0 Å². The Hall–Kier alpha value is -0.260. The van der Waals surface area contributed by atoms with Crippen LogP contribution >= 0.6 is 11.9 Å². The van der Waals surface area contributed by atoms with E-state index in [4.69, 9.17) is 9.47 Å². The molecule has 0 saturated heterocycles. The summed E-state index contributed by atoms with van der Waals surface area (Å²) in [6.45, 7) is 3.95. The number of hydrogen-bond acceptors (Lipinski definition) is 5. The van der Waals surface area contributed by atoms with Crippen molar-refractivity contribution in [3.05, 3.63) is 0 Å². The summed E-state index contributed by atoms with van der Waals surface area (Å²) >= 11 is 1.39. The summed E-state index contributed by atoms with van der Waals surface area (Å²) < 4.78 is 12.8. The third-order valence-electron chi connectivity index (χ3n) is 1.47. The van der Waals surface area contributed by atoms with Gasteiger partial charge in [-0.05, 0) is 19.8 Å². The normalized spacial score (nSPS) is 10.1. The monoisotopic (exact) mass is 221 g/mol. The van der Waals surface area contributed by atoms with E-state index in [-0.39, 0.29) is 5.97 Å². The van der Waals surface area contributed by atoms with Crippen LogP contribution in [0, 0.1) is 0 Å². The highest BCUT2D eigenvalue weighted by Gasteiger charge is 2.00. The molecule has 0 heterocycles. The molecule has 0 aliphatic carbocycles. The standard InChI is InChI=1S/C9H19NO3S/c1-3-13-9(11)8-14-10-6-4-5-7-12-2/h10H,3-8H2,1-2H3. The number of carbonyl (C=O) groups excluding carboxylic acids is 1. The highest BCUT2D eigenvalue weighted by molar-refractivity contribution is 7.98. The largest absolute Gasteiger partial charge is 0.465 e. The Morgan fingerprint density at radius 2 is 2.21 bits per heavy atom. The van der Waals surface area contributed by atoms with E-state index in [0.29, 0.717) is 12.4 Å². The van der Waals surface area contributed by atoms with E-state index >= 15 is 0 Å². The van der Waals surface area contributed by atoms with Crippen LogP contribution in [0.4, 0.5) is 0 Å². The second-order valence-corrected chi connectivity index (χ2v) is 3.55. The molecule has 4 nitrogen and oxygen atoms in total. The van der Waals surface area contributed by atoms with Crippen molar-refractivity contribution < 1.29 is 14.3 Å². The van der Waals surface area contributed by atoms with Crippen LogP contribution in [-0.2, 0) is 14.3 Å². The first-order valence-corrected chi connectivity index (χ1v) is 5.79. The minimum Gasteiger partial charge on any atom is -0.465 e. The third-order valence-corrected chi connectivity index (χ3v) is 2.26.